The number of ether oxygens (including phenoxy) is 3. The highest BCUT2D eigenvalue weighted by molar-refractivity contribution is 6.21. The van der Waals surface area contributed by atoms with Crippen LogP contribution >= 0.6 is 0 Å². The van der Waals surface area contributed by atoms with E-state index in [2.05, 4.69) is 5.32 Å². The molecule has 2 rings (SSSR count). The third-order valence-corrected chi connectivity index (χ3v) is 7.58. The van der Waals surface area contributed by atoms with E-state index in [1.54, 1.807) is 19.1 Å². The molecule has 0 spiro atoms. The Morgan fingerprint density at radius 3 is 2.32 bits per heavy atom. The summed E-state index contributed by atoms with van der Waals surface area (Å²) in [6, 6.07) is 0. The van der Waals surface area contributed by atoms with Gasteiger partial charge in [0.05, 0.1) is 18.4 Å². The summed E-state index contributed by atoms with van der Waals surface area (Å²) in [5, 5.41) is 23.1. The smallest absolute Gasteiger partial charge is 0.405 e. The van der Waals surface area contributed by atoms with E-state index in [9.17, 15) is 29.4 Å². The van der Waals surface area contributed by atoms with Crippen LogP contribution in [0, 0.1) is 23.7 Å². The van der Waals surface area contributed by atoms with Gasteiger partial charge in [-0.3, -0.25) is 14.4 Å². The Kier molecular flexibility index (Phi) is 12.8. The van der Waals surface area contributed by atoms with Gasteiger partial charge in [-0.1, -0.05) is 38.2 Å². The average molecular weight is 575 g/mol. The zero-order valence-electron chi connectivity index (χ0n) is 24.5. The van der Waals surface area contributed by atoms with Crippen LogP contribution in [-0.4, -0.2) is 79.5 Å². The number of amides is 2. The maximum absolute atomic E-state index is 13.3. The number of carbonyl (C=O) groups is 4. The van der Waals surface area contributed by atoms with Crippen molar-refractivity contribution in [1.29, 1.82) is 0 Å². The molecule has 226 valence electrons. The van der Waals surface area contributed by atoms with E-state index in [-0.39, 0.29) is 35.3 Å². The fraction of sp³-hybridized carbons (Fsp3) is 0.533. The Labute approximate surface area is 240 Å². The summed E-state index contributed by atoms with van der Waals surface area (Å²) < 4.78 is 16.7. The van der Waals surface area contributed by atoms with Crippen LogP contribution in [0.4, 0.5) is 4.79 Å². The van der Waals surface area contributed by atoms with E-state index >= 15 is 0 Å². The summed E-state index contributed by atoms with van der Waals surface area (Å²) in [6.45, 7) is 6.32. The van der Waals surface area contributed by atoms with Crippen LogP contribution in [0.5, 0.6) is 0 Å². The van der Waals surface area contributed by atoms with Crippen LogP contribution in [0.15, 0.2) is 58.9 Å². The normalized spacial score (nSPS) is 33.9. The molecule has 11 nitrogen and oxygen atoms in total. The quantitative estimate of drug-likeness (QED) is 0.282. The molecule has 0 aromatic rings. The van der Waals surface area contributed by atoms with Crippen LogP contribution in [0.25, 0.3) is 0 Å². The van der Waals surface area contributed by atoms with Gasteiger partial charge in [0.2, 0.25) is 5.78 Å². The second-order valence-electron chi connectivity index (χ2n) is 10.6. The number of carbonyl (C=O) groups excluding carboxylic acids is 4. The lowest BCUT2D eigenvalue weighted by Gasteiger charge is -2.34. The molecule has 0 fully saturated rings. The largest absolute Gasteiger partial charge is 0.439 e. The summed E-state index contributed by atoms with van der Waals surface area (Å²) in [7, 11) is 2.96. The van der Waals surface area contributed by atoms with Gasteiger partial charge in [-0.05, 0) is 37.8 Å². The second kappa shape index (κ2) is 15.6. The van der Waals surface area contributed by atoms with Gasteiger partial charge in [-0.2, -0.15) is 0 Å². The number of hydrogen-bond acceptors (Lipinski definition) is 9. The Morgan fingerprint density at radius 2 is 1.76 bits per heavy atom. The molecule has 7 unspecified atom stereocenters. The molecule has 2 bridgehead atoms. The van der Waals surface area contributed by atoms with E-state index in [1.807, 2.05) is 19.9 Å². The third-order valence-electron chi connectivity index (χ3n) is 7.58. The van der Waals surface area contributed by atoms with Gasteiger partial charge in [0.15, 0.2) is 11.9 Å². The number of ketones is 2. The number of methoxy groups -OCH3 is 2. The van der Waals surface area contributed by atoms with E-state index in [4.69, 9.17) is 19.9 Å². The standard InChI is InChI=1S/C30H42N2O9/c1-16-8-7-9-25(39-5)28(41-30(31)38)19(4)10-18(3)27(40-6)20(14-33)11-17(2)23(15-34)22-12-21(35)13-24(26(22)36)32-29(16)37/h7-10,12-13,17-18,20,23,25,27-28,33-34H,11,14-15H2,1-6H3,(H2,31,38)(H,32,37)/b9-7-,16-8+,19-10+. The summed E-state index contributed by atoms with van der Waals surface area (Å²) >= 11 is 0. The van der Waals surface area contributed by atoms with Crippen molar-refractivity contribution < 1.29 is 43.6 Å². The fourth-order valence-corrected chi connectivity index (χ4v) is 5.43. The zero-order chi connectivity index (χ0) is 30.9. The number of aliphatic hydroxyl groups excluding tert-OH is 2. The average Bonchev–Trinajstić information content (AvgIpc) is 2.91. The third kappa shape index (κ3) is 8.80. The van der Waals surface area contributed by atoms with Crippen molar-refractivity contribution in [3.05, 3.63) is 58.9 Å². The topological polar surface area (TPSA) is 174 Å². The first kappa shape index (κ1) is 33.8. The van der Waals surface area contributed by atoms with E-state index in [1.165, 1.54) is 33.3 Å². The van der Waals surface area contributed by atoms with Gasteiger partial charge in [-0.25, -0.2) is 4.79 Å². The number of rotatable bonds is 5. The summed E-state index contributed by atoms with van der Waals surface area (Å²) in [6.07, 6.45) is 5.88. The summed E-state index contributed by atoms with van der Waals surface area (Å²) in [4.78, 5) is 50.5. The Bertz CT molecular complexity index is 1150. The molecular weight excluding hydrogens is 532 g/mol. The zero-order valence-corrected chi connectivity index (χ0v) is 24.5. The van der Waals surface area contributed by atoms with Crippen LogP contribution in [-0.2, 0) is 28.6 Å². The van der Waals surface area contributed by atoms with Gasteiger partial charge in [0, 0.05) is 55.8 Å². The molecule has 0 saturated carbocycles. The molecule has 1 aliphatic carbocycles. The first-order chi connectivity index (χ1) is 19.4. The maximum atomic E-state index is 13.3. The lowest BCUT2D eigenvalue weighted by Crippen LogP contribution is -2.38. The highest BCUT2D eigenvalue weighted by Gasteiger charge is 2.35. The number of nitrogens with two attached hydrogens (primary N) is 1. The number of hydrogen-bond donors (Lipinski definition) is 4. The number of allylic oxidation sites excluding steroid dienone is 5. The van der Waals surface area contributed by atoms with Crippen LogP contribution < -0.4 is 11.1 Å². The van der Waals surface area contributed by atoms with Gasteiger partial charge in [0.25, 0.3) is 5.91 Å². The maximum Gasteiger partial charge on any atom is 0.405 e. The minimum absolute atomic E-state index is 0.0890. The molecule has 11 heteroatoms. The van der Waals surface area contributed by atoms with E-state index in [0.717, 1.165) is 6.08 Å². The summed E-state index contributed by atoms with van der Waals surface area (Å²) in [5.74, 6) is -3.45. The van der Waals surface area contributed by atoms with Crippen molar-refractivity contribution in [3.8, 4) is 0 Å². The molecule has 0 radical (unpaired) electrons. The van der Waals surface area contributed by atoms with Crippen LogP contribution in [0.1, 0.15) is 34.1 Å². The fourth-order valence-electron chi connectivity index (χ4n) is 5.43. The number of Topliss-reactive ketones (excluding diaryl/α,β-unsaturated/α-hetero) is 1. The Balaban J connectivity index is 2.66. The molecule has 0 aromatic carbocycles. The highest BCUT2D eigenvalue weighted by Crippen LogP contribution is 2.33. The Hall–Kier alpha value is -3.38. The summed E-state index contributed by atoms with van der Waals surface area (Å²) in [5.41, 5.74) is 6.10. The lowest BCUT2D eigenvalue weighted by molar-refractivity contribution is -0.120. The first-order valence-electron chi connectivity index (χ1n) is 13.5. The van der Waals surface area contributed by atoms with Gasteiger partial charge < -0.3 is 35.5 Å². The predicted octanol–water partition coefficient (Wildman–Crippen LogP) is 1.90. The molecule has 0 saturated heterocycles. The van der Waals surface area contributed by atoms with Gasteiger partial charge >= 0.3 is 6.09 Å². The van der Waals surface area contributed by atoms with Crippen molar-refractivity contribution in [1.82, 2.24) is 5.32 Å². The first-order valence-corrected chi connectivity index (χ1v) is 13.5. The SMILES string of the molecule is COC1/C=C\C=C(/C)C(=O)NC2=CC(=O)C=C(C2=O)C(CO)C(C)CC(CO)C(OC)C(C)/C=C(\C)C1OC(N)=O. The molecule has 0 aromatic heterocycles. The second-order valence-corrected chi connectivity index (χ2v) is 10.6. The number of aliphatic hydroxyl groups is 2. The van der Waals surface area contributed by atoms with Gasteiger partial charge in [-0.15, -0.1) is 0 Å². The van der Waals surface area contributed by atoms with Crippen LogP contribution in [0.2, 0.25) is 0 Å². The molecule has 5 N–H and O–H groups in total. The van der Waals surface area contributed by atoms with Gasteiger partial charge in [0.1, 0.15) is 6.10 Å². The van der Waals surface area contributed by atoms with Crippen molar-refractivity contribution in [3.63, 3.8) is 0 Å². The molecule has 1 aliphatic heterocycles. The minimum Gasteiger partial charge on any atom is -0.439 e. The van der Waals surface area contributed by atoms with Crippen molar-refractivity contribution >= 4 is 23.6 Å². The monoisotopic (exact) mass is 574 g/mol. The van der Waals surface area contributed by atoms with Crippen molar-refractivity contribution in [2.24, 2.45) is 29.4 Å². The predicted molar refractivity (Wildman–Crippen MR) is 151 cm³/mol. The number of fused-ring (bicyclic) bond motifs is 2. The molecule has 41 heavy (non-hydrogen) atoms. The van der Waals surface area contributed by atoms with Crippen molar-refractivity contribution in [2.45, 2.75) is 52.4 Å². The number of primary amides is 1. The van der Waals surface area contributed by atoms with Crippen molar-refractivity contribution in [2.75, 3.05) is 27.4 Å². The van der Waals surface area contributed by atoms with Crippen LogP contribution in [0.3, 0.4) is 0 Å². The molecule has 7 atom stereocenters. The molecule has 1 heterocycles. The van der Waals surface area contributed by atoms with E-state index < -0.39 is 60.3 Å². The molecule has 2 amide bonds. The number of nitrogens with one attached hydrogen (secondary N) is 1. The minimum atomic E-state index is -0.997. The van der Waals surface area contributed by atoms with E-state index in [0.29, 0.717) is 12.0 Å². The Morgan fingerprint density at radius 1 is 1.07 bits per heavy atom. The highest BCUT2D eigenvalue weighted by atomic mass is 16.6. The molecule has 2 aliphatic rings. The molecular formula is C30H42N2O9. The lowest BCUT2D eigenvalue weighted by atomic mass is 9.76.